The van der Waals surface area contributed by atoms with Crippen LogP contribution in [0.4, 0.5) is 0 Å². The average molecular weight is 455 g/mol. The van der Waals surface area contributed by atoms with Gasteiger partial charge in [-0.2, -0.15) is 0 Å². The van der Waals surface area contributed by atoms with Crippen LogP contribution in [0.3, 0.4) is 0 Å². The Bertz CT molecular complexity index is 926. The lowest BCUT2D eigenvalue weighted by Crippen LogP contribution is -2.25. The van der Waals surface area contributed by atoms with Gasteiger partial charge in [0.15, 0.2) is 6.29 Å². The molecule has 1 aromatic heterocycles. The van der Waals surface area contributed by atoms with Crippen molar-refractivity contribution in [2.75, 3.05) is 13.2 Å². The van der Waals surface area contributed by atoms with Crippen LogP contribution < -0.4 is 0 Å². The number of ether oxygens (including phenoxy) is 2. The minimum absolute atomic E-state index is 0.0256. The summed E-state index contributed by atoms with van der Waals surface area (Å²) in [6.45, 7) is 4.53. The summed E-state index contributed by atoms with van der Waals surface area (Å²) in [5, 5.41) is 1.31. The number of hydrogen-bond acceptors (Lipinski definition) is 3. The van der Waals surface area contributed by atoms with E-state index in [0.29, 0.717) is 16.0 Å². The molecular weight excluding hydrogens is 430 g/mol. The molecular formula is C24H25BCl2N2O2. The Morgan fingerprint density at radius 1 is 1.10 bits per heavy atom. The number of imidazole rings is 1. The molecule has 2 heterocycles. The average Bonchev–Trinajstić information content (AvgIpc) is 3.50. The zero-order valence-corrected chi connectivity index (χ0v) is 19.0. The number of aromatic nitrogens is 2. The van der Waals surface area contributed by atoms with E-state index in [1.165, 1.54) is 5.98 Å². The molecule has 1 unspecified atom stereocenters. The summed E-state index contributed by atoms with van der Waals surface area (Å²) in [4.78, 5) is 4.02. The van der Waals surface area contributed by atoms with E-state index in [4.69, 9.17) is 40.5 Å². The molecule has 2 radical (unpaired) electrons. The molecule has 4 rings (SSSR count). The topological polar surface area (TPSA) is 36.3 Å². The minimum Gasteiger partial charge on any atom is -0.350 e. The van der Waals surface area contributed by atoms with Crippen molar-refractivity contribution in [3.63, 3.8) is 0 Å². The highest BCUT2D eigenvalue weighted by Crippen LogP contribution is 2.32. The zero-order valence-electron chi connectivity index (χ0n) is 17.5. The van der Waals surface area contributed by atoms with Gasteiger partial charge in [-0.15, -0.1) is 5.98 Å². The van der Waals surface area contributed by atoms with Crippen LogP contribution in [0, 0.1) is 5.92 Å². The molecule has 0 amide bonds. The second-order valence-corrected chi connectivity index (χ2v) is 7.89. The van der Waals surface area contributed by atoms with Crippen molar-refractivity contribution in [1.82, 2.24) is 9.55 Å². The normalized spacial score (nSPS) is 14.5. The van der Waals surface area contributed by atoms with Crippen molar-refractivity contribution >= 4 is 36.6 Å². The molecule has 31 heavy (non-hydrogen) atoms. The quantitative estimate of drug-likeness (QED) is 0.439. The van der Waals surface area contributed by atoms with Crippen molar-refractivity contribution in [2.45, 2.75) is 26.2 Å². The monoisotopic (exact) mass is 454 g/mol. The van der Waals surface area contributed by atoms with Gasteiger partial charge >= 0.3 is 0 Å². The first-order valence-corrected chi connectivity index (χ1v) is 11.0. The lowest BCUT2D eigenvalue weighted by molar-refractivity contribution is -0.0884. The van der Waals surface area contributed by atoms with Gasteiger partial charge in [-0.3, -0.25) is 0 Å². The van der Waals surface area contributed by atoms with E-state index in [1.807, 2.05) is 61.1 Å². The smallest absolute Gasteiger partial charge is 0.162 e. The predicted molar refractivity (Wildman–Crippen MR) is 127 cm³/mol. The minimum atomic E-state index is -0.0256. The van der Waals surface area contributed by atoms with Gasteiger partial charge in [-0.05, 0) is 35.3 Å². The Morgan fingerprint density at radius 2 is 1.68 bits per heavy atom. The second-order valence-electron chi connectivity index (χ2n) is 7.08. The number of benzene rings is 2. The number of rotatable bonds is 6. The summed E-state index contributed by atoms with van der Waals surface area (Å²) in [7, 11) is 5.70. The van der Waals surface area contributed by atoms with E-state index in [9.17, 15) is 0 Å². The number of nitrogens with zero attached hydrogens (tertiary/aromatic N) is 2. The number of halogens is 2. The molecule has 1 aliphatic rings. The molecule has 0 spiro atoms. The molecule has 1 atom stereocenters. The summed E-state index contributed by atoms with van der Waals surface area (Å²) in [6.07, 6.45) is 6.63. The van der Waals surface area contributed by atoms with Crippen LogP contribution >= 0.6 is 23.2 Å². The molecule has 0 bridgehead atoms. The van der Waals surface area contributed by atoms with E-state index >= 15 is 0 Å². The Kier molecular flexibility index (Phi) is 9.22. The standard InChI is InChI=1S/C14H9BCl2.C10H16N2O2/c15-9-12(10-5-1-3-7-13(10)16)11-6-2-4-8-14(11)17;1-2-9(10-13-5-6-14-10)7-12-4-3-11-8-12/h1-9H;3-4,8-10H,2,5-7H2,1H3. The summed E-state index contributed by atoms with van der Waals surface area (Å²) in [5.74, 6) is 1.95. The molecule has 7 heteroatoms. The maximum absolute atomic E-state index is 6.16. The summed E-state index contributed by atoms with van der Waals surface area (Å²) in [6, 6.07) is 15.1. The van der Waals surface area contributed by atoms with Crippen LogP contribution in [0.1, 0.15) is 24.5 Å². The van der Waals surface area contributed by atoms with Crippen LogP contribution in [0.15, 0.2) is 73.2 Å². The molecule has 0 N–H and O–H groups in total. The third-order valence-electron chi connectivity index (χ3n) is 5.06. The molecule has 4 nitrogen and oxygen atoms in total. The third kappa shape index (κ3) is 6.47. The van der Waals surface area contributed by atoms with E-state index in [-0.39, 0.29) is 6.29 Å². The molecule has 0 aliphatic carbocycles. The molecule has 2 aromatic carbocycles. The fraction of sp³-hybridized carbons (Fsp3) is 0.292. The highest BCUT2D eigenvalue weighted by atomic mass is 35.5. The summed E-state index contributed by atoms with van der Waals surface area (Å²) >= 11 is 12.3. The van der Waals surface area contributed by atoms with E-state index in [1.54, 1.807) is 6.20 Å². The Labute approximate surface area is 195 Å². The highest BCUT2D eigenvalue weighted by molar-refractivity contribution is 6.35. The van der Waals surface area contributed by atoms with Crippen LogP contribution in [0.2, 0.25) is 10.0 Å². The summed E-state index contributed by atoms with van der Waals surface area (Å²) in [5.41, 5.74) is 2.59. The van der Waals surface area contributed by atoms with Gasteiger partial charge in [0.25, 0.3) is 0 Å². The molecule has 160 valence electrons. The van der Waals surface area contributed by atoms with Crippen LogP contribution in [-0.4, -0.2) is 36.9 Å². The molecule has 0 saturated carbocycles. The second kappa shape index (κ2) is 12.1. The molecule has 1 saturated heterocycles. The third-order valence-corrected chi connectivity index (χ3v) is 5.72. The Morgan fingerprint density at radius 3 is 2.13 bits per heavy atom. The van der Waals surface area contributed by atoms with Crippen LogP contribution in [-0.2, 0) is 16.0 Å². The van der Waals surface area contributed by atoms with Gasteiger partial charge in [0.2, 0.25) is 0 Å². The lowest BCUT2D eigenvalue weighted by Gasteiger charge is -2.20. The predicted octanol–water partition coefficient (Wildman–Crippen LogP) is 5.83. The van der Waals surface area contributed by atoms with Gasteiger partial charge in [0, 0.05) is 34.9 Å². The van der Waals surface area contributed by atoms with Gasteiger partial charge in [0.05, 0.1) is 19.5 Å². The Balaban J connectivity index is 0.000000179. The SMILES string of the molecule is CCC(Cn1ccnc1)C1OCCO1.[B]C=C(c1ccccc1Cl)c1ccccc1Cl. The molecule has 1 fully saturated rings. The maximum Gasteiger partial charge on any atom is 0.162 e. The summed E-state index contributed by atoms with van der Waals surface area (Å²) < 4.78 is 13.1. The van der Waals surface area contributed by atoms with Crippen molar-refractivity contribution in [3.8, 4) is 0 Å². The molecule has 3 aromatic rings. The van der Waals surface area contributed by atoms with Gasteiger partial charge in [0.1, 0.15) is 7.85 Å². The van der Waals surface area contributed by atoms with Crippen LogP contribution in [0.25, 0.3) is 5.57 Å². The van der Waals surface area contributed by atoms with Gasteiger partial charge < -0.3 is 14.0 Å². The van der Waals surface area contributed by atoms with Gasteiger partial charge in [-0.25, -0.2) is 4.98 Å². The van der Waals surface area contributed by atoms with E-state index in [0.717, 1.165) is 42.9 Å². The van der Waals surface area contributed by atoms with Crippen molar-refractivity contribution in [3.05, 3.63) is 94.4 Å². The van der Waals surface area contributed by atoms with Crippen LogP contribution in [0.5, 0.6) is 0 Å². The first kappa shape index (κ1) is 23.6. The molecule has 1 aliphatic heterocycles. The number of hydrogen-bond donors (Lipinski definition) is 0. The fourth-order valence-electron chi connectivity index (χ4n) is 3.41. The fourth-order valence-corrected chi connectivity index (χ4v) is 3.88. The largest absolute Gasteiger partial charge is 0.350 e. The van der Waals surface area contributed by atoms with E-state index in [2.05, 4.69) is 16.5 Å². The van der Waals surface area contributed by atoms with Gasteiger partial charge in [-0.1, -0.05) is 66.5 Å². The highest BCUT2D eigenvalue weighted by Gasteiger charge is 2.25. The first-order valence-electron chi connectivity index (χ1n) is 10.2. The van der Waals surface area contributed by atoms with Crippen molar-refractivity contribution in [1.29, 1.82) is 0 Å². The Hall–Kier alpha value is -2.05. The maximum atomic E-state index is 6.16. The first-order chi connectivity index (χ1) is 15.1. The van der Waals surface area contributed by atoms with E-state index < -0.39 is 0 Å². The lowest BCUT2D eigenvalue weighted by atomic mass is 9.92. The van der Waals surface area contributed by atoms with Crippen molar-refractivity contribution < 1.29 is 9.47 Å². The van der Waals surface area contributed by atoms with Crippen molar-refractivity contribution in [2.24, 2.45) is 5.92 Å². The zero-order chi connectivity index (χ0) is 22.1.